The van der Waals surface area contributed by atoms with Crippen LogP contribution in [0.2, 0.25) is 5.02 Å². The molecule has 1 aromatic heterocycles. The zero-order valence-electron chi connectivity index (χ0n) is 17.8. The number of ether oxygens (including phenoxy) is 2. The second kappa shape index (κ2) is 11.2. The number of halogens is 1. The molecule has 164 valence electrons. The molecule has 2 aromatic carbocycles. The first-order chi connectivity index (χ1) is 15.1. The lowest BCUT2D eigenvalue weighted by molar-refractivity contribution is 0.213. The predicted molar refractivity (Wildman–Crippen MR) is 121 cm³/mol. The molecule has 31 heavy (non-hydrogen) atoms. The molecule has 0 saturated heterocycles. The first kappa shape index (κ1) is 22.4. The number of hydrogen-bond acceptors (Lipinski definition) is 6. The minimum atomic E-state index is -0.0916. The van der Waals surface area contributed by atoms with Crippen molar-refractivity contribution >= 4 is 17.6 Å². The van der Waals surface area contributed by atoms with Gasteiger partial charge < -0.3 is 24.6 Å². The Hall–Kier alpha value is -3.26. The molecular formula is C22H26ClN5O3. The number of aromatic nitrogens is 2. The van der Waals surface area contributed by atoms with E-state index in [1.807, 2.05) is 43.3 Å². The number of rotatable bonds is 9. The van der Waals surface area contributed by atoms with Gasteiger partial charge in [0, 0.05) is 30.6 Å². The van der Waals surface area contributed by atoms with Crippen LogP contribution in [0, 0.1) is 0 Å². The van der Waals surface area contributed by atoms with Crippen LogP contribution in [-0.2, 0) is 6.42 Å². The van der Waals surface area contributed by atoms with Crippen LogP contribution < -0.4 is 20.1 Å². The molecule has 0 aliphatic rings. The summed E-state index contributed by atoms with van der Waals surface area (Å²) in [5, 5.41) is 11.1. The Kier molecular flexibility index (Phi) is 8.12. The summed E-state index contributed by atoms with van der Waals surface area (Å²) < 4.78 is 16.6. The van der Waals surface area contributed by atoms with Gasteiger partial charge in [0.05, 0.1) is 13.7 Å². The van der Waals surface area contributed by atoms with Crippen molar-refractivity contribution in [2.24, 2.45) is 4.99 Å². The number of nitrogens with one attached hydrogen (secondary N) is 2. The summed E-state index contributed by atoms with van der Waals surface area (Å²) in [5.41, 5.74) is 0.817. The molecule has 0 radical (unpaired) electrons. The van der Waals surface area contributed by atoms with Gasteiger partial charge >= 0.3 is 0 Å². The summed E-state index contributed by atoms with van der Waals surface area (Å²) in [4.78, 5) is 8.64. The normalized spacial score (nSPS) is 12.3. The third kappa shape index (κ3) is 6.62. The summed E-state index contributed by atoms with van der Waals surface area (Å²) in [6.07, 6.45) is 0.465. The monoisotopic (exact) mass is 443 g/mol. The van der Waals surface area contributed by atoms with Crippen molar-refractivity contribution in [2.75, 3.05) is 27.2 Å². The molecule has 0 bridgehead atoms. The largest absolute Gasteiger partial charge is 0.493 e. The van der Waals surface area contributed by atoms with Gasteiger partial charge in [-0.2, -0.15) is 4.98 Å². The molecule has 1 atom stereocenters. The van der Waals surface area contributed by atoms with Crippen molar-refractivity contribution in [1.82, 2.24) is 20.8 Å². The number of para-hydroxylation sites is 2. The summed E-state index contributed by atoms with van der Waals surface area (Å²) in [6.45, 7) is 3.12. The number of aliphatic imine (C=N–C) groups is 1. The van der Waals surface area contributed by atoms with Gasteiger partial charge in [0.2, 0.25) is 11.7 Å². The second-order valence-corrected chi connectivity index (χ2v) is 7.17. The van der Waals surface area contributed by atoms with E-state index < -0.39 is 0 Å². The second-order valence-electron chi connectivity index (χ2n) is 6.73. The highest BCUT2D eigenvalue weighted by Gasteiger charge is 2.11. The van der Waals surface area contributed by atoms with Crippen LogP contribution in [0.4, 0.5) is 0 Å². The van der Waals surface area contributed by atoms with E-state index in [-0.39, 0.29) is 6.10 Å². The third-order valence-electron chi connectivity index (χ3n) is 4.36. The van der Waals surface area contributed by atoms with Crippen molar-refractivity contribution in [1.29, 1.82) is 0 Å². The molecular weight excluding hydrogens is 418 g/mol. The Balaban J connectivity index is 1.43. The Morgan fingerprint density at radius 2 is 1.97 bits per heavy atom. The zero-order valence-corrected chi connectivity index (χ0v) is 18.5. The minimum absolute atomic E-state index is 0.0916. The van der Waals surface area contributed by atoms with Crippen LogP contribution in [0.1, 0.15) is 12.8 Å². The lowest BCUT2D eigenvalue weighted by Crippen LogP contribution is -2.42. The highest BCUT2D eigenvalue weighted by atomic mass is 35.5. The first-order valence-corrected chi connectivity index (χ1v) is 10.3. The SMILES string of the molecule is CN=C(NCCc1nc(-c2cccc(Cl)c2)no1)NCC(C)Oc1ccccc1OC. The van der Waals surface area contributed by atoms with E-state index in [0.717, 1.165) is 5.56 Å². The fraction of sp³-hybridized carbons (Fsp3) is 0.318. The van der Waals surface area contributed by atoms with Crippen LogP contribution in [0.25, 0.3) is 11.4 Å². The van der Waals surface area contributed by atoms with Gasteiger partial charge in [-0.25, -0.2) is 0 Å². The summed E-state index contributed by atoms with van der Waals surface area (Å²) in [5.74, 6) is 3.11. The number of nitrogens with zero attached hydrogens (tertiary/aromatic N) is 3. The Morgan fingerprint density at radius 3 is 2.71 bits per heavy atom. The summed E-state index contributed by atoms with van der Waals surface area (Å²) >= 11 is 6.02. The highest BCUT2D eigenvalue weighted by molar-refractivity contribution is 6.30. The number of guanidine groups is 1. The lowest BCUT2D eigenvalue weighted by atomic mass is 10.2. The van der Waals surface area contributed by atoms with E-state index in [0.29, 0.717) is 53.7 Å². The van der Waals surface area contributed by atoms with E-state index in [1.54, 1.807) is 26.3 Å². The minimum Gasteiger partial charge on any atom is -0.493 e. The molecule has 9 heteroatoms. The fourth-order valence-electron chi connectivity index (χ4n) is 2.82. The quantitative estimate of drug-likeness (QED) is 0.385. The maximum Gasteiger partial charge on any atom is 0.228 e. The van der Waals surface area contributed by atoms with Crippen molar-refractivity contribution in [3.05, 3.63) is 59.4 Å². The van der Waals surface area contributed by atoms with E-state index in [1.165, 1.54) is 0 Å². The molecule has 0 spiro atoms. The standard InChI is InChI=1S/C22H26ClN5O3/c1-15(30-19-10-5-4-9-18(19)29-3)14-26-22(24-2)25-12-11-20-27-21(28-31-20)16-7-6-8-17(23)13-16/h4-10,13,15H,11-12,14H2,1-3H3,(H2,24,25,26). The maximum absolute atomic E-state index is 6.02. The zero-order chi connectivity index (χ0) is 22.1. The van der Waals surface area contributed by atoms with Gasteiger partial charge in [0.15, 0.2) is 17.5 Å². The number of methoxy groups -OCH3 is 1. The molecule has 0 fully saturated rings. The number of hydrogen-bond donors (Lipinski definition) is 2. The van der Waals surface area contributed by atoms with Crippen molar-refractivity contribution in [3.8, 4) is 22.9 Å². The summed E-state index contributed by atoms with van der Waals surface area (Å²) in [7, 11) is 3.34. The van der Waals surface area contributed by atoms with E-state index in [2.05, 4.69) is 25.8 Å². The van der Waals surface area contributed by atoms with Gasteiger partial charge in [-0.15, -0.1) is 0 Å². The van der Waals surface area contributed by atoms with E-state index in [9.17, 15) is 0 Å². The topological polar surface area (TPSA) is 93.8 Å². The molecule has 3 rings (SSSR count). The van der Waals surface area contributed by atoms with Crippen molar-refractivity contribution < 1.29 is 14.0 Å². The van der Waals surface area contributed by atoms with Crippen LogP contribution in [-0.4, -0.2) is 49.5 Å². The van der Waals surface area contributed by atoms with Crippen LogP contribution >= 0.6 is 11.6 Å². The van der Waals surface area contributed by atoms with E-state index >= 15 is 0 Å². The Morgan fingerprint density at radius 1 is 1.16 bits per heavy atom. The molecule has 3 aromatic rings. The molecule has 0 aliphatic heterocycles. The third-order valence-corrected chi connectivity index (χ3v) is 4.60. The van der Waals surface area contributed by atoms with Gasteiger partial charge in [-0.05, 0) is 31.2 Å². The smallest absolute Gasteiger partial charge is 0.228 e. The predicted octanol–water partition coefficient (Wildman–Crippen LogP) is 3.57. The Bertz CT molecular complexity index is 1010. The highest BCUT2D eigenvalue weighted by Crippen LogP contribution is 2.26. The maximum atomic E-state index is 6.02. The fourth-order valence-corrected chi connectivity index (χ4v) is 3.01. The van der Waals surface area contributed by atoms with Gasteiger partial charge in [0.1, 0.15) is 6.10 Å². The molecule has 2 N–H and O–H groups in total. The van der Waals surface area contributed by atoms with E-state index in [4.69, 9.17) is 25.6 Å². The van der Waals surface area contributed by atoms with Crippen molar-refractivity contribution in [2.45, 2.75) is 19.4 Å². The van der Waals surface area contributed by atoms with Crippen LogP contribution in [0.15, 0.2) is 58.0 Å². The molecule has 1 heterocycles. The lowest BCUT2D eigenvalue weighted by Gasteiger charge is -2.18. The average molecular weight is 444 g/mol. The number of benzene rings is 2. The van der Waals surface area contributed by atoms with Gasteiger partial charge in [-0.3, -0.25) is 4.99 Å². The Labute approximate surface area is 186 Å². The molecule has 0 saturated carbocycles. The van der Waals surface area contributed by atoms with Gasteiger partial charge in [-0.1, -0.05) is 41.0 Å². The first-order valence-electron chi connectivity index (χ1n) is 9.91. The molecule has 1 unspecified atom stereocenters. The van der Waals surface area contributed by atoms with Gasteiger partial charge in [0.25, 0.3) is 0 Å². The molecule has 0 aliphatic carbocycles. The summed E-state index contributed by atoms with van der Waals surface area (Å²) in [6, 6.07) is 14.9. The van der Waals surface area contributed by atoms with Crippen LogP contribution in [0.5, 0.6) is 11.5 Å². The molecule has 0 amide bonds. The molecule has 8 nitrogen and oxygen atoms in total. The van der Waals surface area contributed by atoms with Crippen molar-refractivity contribution in [3.63, 3.8) is 0 Å². The average Bonchev–Trinajstić information content (AvgIpc) is 3.25. The van der Waals surface area contributed by atoms with Crippen LogP contribution in [0.3, 0.4) is 0 Å².